The van der Waals surface area contributed by atoms with Crippen LogP contribution in [0.3, 0.4) is 0 Å². The van der Waals surface area contributed by atoms with Crippen LogP contribution in [-0.2, 0) is 0 Å². The van der Waals surface area contributed by atoms with Gasteiger partial charge in [-0.1, -0.05) is 5.16 Å². The number of rotatable bonds is 8. The lowest BCUT2D eigenvalue weighted by molar-refractivity contribution is -0.384. The number of oxime groups is 1. The summed E-state index contributed by atoms with van der Waals surface area (Å²) in [6.45, 7) is 2.28. The van der Waals surface area contributed by atoms with Crippen LogP contribution >= 0.6 is 0 Å². The van der Waals surface area contributed by atoms with Crippen molar-refractivity contribution in [1.82, 2.24) is 9.47 Å². The summed E-state index contributed by atoms with van der Waals surface area (Å²) >= 11 is 0. The number of carbonyl (C=O) groups is 1. The second kappa shape index (κ2) is 11.7. The number of carboxylic acid groups (broad SMARTS) is 1. The number of piperazine rings is 1. The molecule has 216 valence electrons. The van der Waals surface area contributed by atoms with Gasteiger partial charge in [-0.2, -0.15) is 0 Å². The highest BCUT2D eigenvalue weighted by Crippen LogP contribution is 2.28. The topological polar surface area (TPSA) is 151 Å². The molecule has 3 aromatic carbocycles. The Kier molecular flexibility index (Phi) is 7.84. The van der Waals surface area contributed by atoms with E-state index in [1.807, 2.05) is 4.90 Å². The molecule has 13 heteroatoms. The maximum Gasteiger partial charge on any atom is 0.341 e. The summed E-state index contributed by atoms with van der Waals surface area (Å²) < 4.78 is 22.0. The molecule has 1 aromatic heterocycles. The number of carboxylic acids is 1. The van der Waals surface area contributed by atoms with Crippen LogP contribution in [0.1, 0.15) is 15.9 Å². The molecule has 42 heavy (non-hydrogen) atoms. The van der Waals surface area contributed by atoms with Crippen molar-refractivity contribution < 1.29 is 29.2 Å². The van der Waals surface area contributed by atoms with Gasteiger partial charge in [-0.25, -0.2) is 9.18 Å². The number of nitro groups is 1. The molecule has 0 unspecified atom stereocenters. The van der Waals surface area contributed by atoms with E-state index in [0.717, 1.165) is 17.8 Å². The van der Waals surface area contributed by atoms with Crippen molar-refractivity contribution in [3.63, 3.8) is 0 Å². The molecule has 1 aliphatic heterocycles. The number of aromatic nitrogens is 1. The minimum absolute atomic E-state index is 0.128. The highest BCUT2D eigenvalue weighted by Gasteiger charge is 2.24. The lowest BCUT2D eigenvalue weighted by Crippen LogP contribution is -2.48. The molecule has 2 N–H and O–H groups in total. The van der Waals surface area contributed by atoms with Gasteiger partial charge in [0.1, 0.15) is 22.8 Å². The Morgan fingerprint density at radius 1 is 1.07 bits per heavy atom. The van der Waals surface area contributed by atoms with E-state index >= 15 is 4.39 Å². The van der Waals surface area contributed by atoms with Crippen molar-refractivity contribution >= 4 is 34.0 Å². The summed E-state index contributed by atoms with van der Waals surface area (Å²) in [5.41, 5.74) is 0.521. The maximum atomic E-state index is 15.4. The normalized spacial score (nSPS) is 14.2. The summed E-state index contributed by atoms with van der Waals surface area (Å²) in [6.07, 6.45) is 1.14. The summed E-state index contributed by atoms with van der Waals surface area (Å²) in [6, 6.07) is 15.1. The zero-order chi connectivity index (χ0) is 30.0. The van der Waals surface area contributed by atoms with E-state index in [1.54, 1.807) is 31.4 Å². The zero-order valence-electron chi connectivity index (χ0n) is 22.4. The number of hydrogen-bond acceptors (Lipinski definition) is 9. The zero-order valence-corrected chi connectivity index (χ0v) is 22.4. The van der Waals surface area contributed by atoms with Gasteiger partial charge >= 0.3 is 5.97 Å². The van der Waals surface area contributed by atoms with Crippen LogP contribution in [0.4, 0.5) is 15.8 Å². The first-order chi connectivity index (χ1) is 20.2. The molecular formula is C29H26FN5O7. The van der Waals surface area contributed by atoms with Gasteiger partial charge < -0.3 is 24.5 Å². The SMILES string of the molecule is COc1ccc(/C(CN2CCN(c3cc4c(cc3F)c(=O)c(C(=O)O)cn4-c3ccc([N+](=O)[O-])cc3)CC2)=N\O)cc1. The van der Waals surface area contributed by atoms with E-state index in [0.29, 0.717) is 49.9 Å². The van der Waals surface area contributed by atoms with Crippen LogP contribution < -0.4 is 15.1 Å². The monoisotopic (exact) mass is 575 g/mol. The average molecular weight is 576 g/mol. The Balaban J connectivity index is 1.43. The molecule has 0 radical (unpaired) electrons. The third kappa shape index (κ3) is 5.49. The first-order valence-corrected chi connectivity index (χ1v) is 12.9. The van der Waals surface area contributed by atoms with Crippen LogP contribution in [0.2, 0.25) is 0 Å². The minimum atomic E-state index is -1.47. The van der Waals surface area contributed by atoms with Crippen molar-refractivity contribution in [3.05, 3.63) is 104 Å². The Bertz CT molecular complexity index is 1750. The molecule has 0 bridgehead atoms. The number of nitrogens with zero attached hydrogens (tertiary/aromatic N) is 5. The maximum absolute atomic E-state index is 15.4. The van der Waals surface area contributed by atoms with Gasteiger partial charge in [-0.05, 0) is 48.5 Å². The molecule has 1 saturated heterocycles. The van der Waals surface area contributed by atoms with E-state index in [9.17, 15) is 30.0 Å². The quantitative estimate of drug-likeness (QED) is 0.139. The van der Waals surface area contributed by atoms with Crippen molar-refractivity contribution in [2.45, 2.75) is 0 Å². The highest BCUT2D eigenvalue weighted by molar-refractivity contribution is 6.01. The highest BCUT2D eigenvalue weighted by atomic mass is 19.1. The predicted octanol–water partition coefficient (Wildman–Crippen LogP) is 3.75. The molecule has 0 aliphatic carbocycles. The minimum Gasteiger partial charge on any atom is -0.497 e. The van der Waals surface area contributed by atoms with Crippen molar-refractivity contribution in [1.29, 1.82) is 0 Å². The smallest absolute Gasteiger partial charge is 0.341 e. The molecule has 2 heterocycles. The number of anilines is 1. The van der Waals surface area contributed by atoms with Gasteiger partial charge in [0.15, 0.2) is 0 Å². The van der Waals surface area contributed by atoms with Gasteiger partial charge in [-0.15, -0.1) is 0 Å². The Hall–Kier alpha value is -5.30. The molecule has 5 rings (SSSR count). The Labute approximate surface area is 238 Å². The predicted molar refractivity (Wildman–Crippen MR) is 153 cm³/mol. The number of halogens is 1. The van der Waals surface area contributed by atoms with E-state index in [-0.39, 0.29) is 22.3 Å². The molecule has 0 amide bonds. The number of ether oxygens (including phenoxy) is 1. The first kappa shape index (κ1) is 28.2. The fourth-order valence-electron chi connectivity index (χ4n) is 5.00. The van der Waals surface area contributed by atoms with E-state index in [2.05, 4.69) is 10.1 Å². The number of pyridine rings is 1. The molecule has 1 aliphatic rings. The van der Waals surface area contributed by atoms with Crippen LogP contribution in [-0.4, -0.2) is 76.2 Å². The van der Waals surface area contributed by atoms with Crippen LogP contribution in [0.5, 0.6) is 5.75 Å². The van der Waals surface area contributed by atoms with Crippen LogP contribution in [0.25, 0.3) is 16.6 Å². The number of non-ortho nitro benzene ring substituents is 1. The third-order valence-electron chi connectivity index (χ3n) is 7.27. The molecular weight excluding hydrogens is 549 g/mol. The molecule has 0 spiro atoms. The van der Waals surface area contributed by atoms with E-state index in [1.165, 1.54) is 34.9 Å². The summed E-state index contributed by atoms with van der Waals surface area (Å²) in [4.78, 5) is 39.2. The van der Waals surface area contributed by atoms with Gasteiger partial charge in [0, 0.05) is 67.7 Å². The summed E-state index contributed by atoms with van der Waals surface area (Å²) in [7, 11) is 1.57. The lowest BCUT2D eigenvalue weighted by Gasteiger charge is -2.36. The van der Waals surface area contributed by atoms with Crippen molar-refractivity contribution in [3.8, 4) is 11.4 Å². The lowest BCUT2D eigenvalue weighted by atomic mass is 10.1. The average Bonchev–Trinajstić information content (AvgIpc) is 3.00. The summed E-state index contributed by atoms with van der Waals surface area (Å²) in [5.74, 6) is -1.47. The largest absolute Gasteiger partial charge is 0.497 e. The van der Waals surface area contributed by atoms with Gasteiger partial charge in [0.05, 0.1) is 23.2 Å². The molecule has 1 fully saturated rings. The van der Waals surface area contributed by atoms with Crippen LogP contribution in [0, 0.1) is 15.9 Å². The van der Waals surface area contributed by atoms with E-state index < -0.39 is 27.7 Å². The van der Waals surface area contributed by atoms with E-state index in [4.69, 9.17) is 4.74 Å². The summed E-state index contributed by atoms with van der Waals surface area (Å²) in [5, 5.41) is 33.7. The Morgan fingerprint density at radius 2 is 1.74 bits per heavy atom. The first-order valence-electron chi connectivity index (χ1n) is 12.9. The number of methoxy groups -OCH3 is 1. The standard InChI is InChI=1S/C29H26FN5O7/c1-42-21-8-2-18(3-9-21)25(31-39)17-32-10-12-33(13-11-32)27-15-26-22(14-24(27)30)28(36)23(29(37)38)16-34(26)19-4-6-20(7-5-19)35(40)41/h2-9,14-16,39H,10-13,17H2,1H3,(H,37,38)/b31-25-. The molecule has 4 aromatic rings. The molecule has 0 saturated carbocycles. The van der Waals surface area contributed by atoms with Gasteiger partial charge in [0.2, 0.25) is 5.43 Å². The second-order valence-corrected chi connectivity index (χ2v) is 9.68. The fourth-order valence-corrected chi connectivity index (χ4v) is 5.00. The van der Waals surface area contributed by atoms with Gasteiger partial charge in [0.25, 0.3) is 5.69 Å². The number of hydrogen-bond donors (Lipinski definition) is 2. The second-order valence-electron chi connectivity index (χ2n) is 9.68. The Morgan fingerprint density at radius 3 is 2.31 bits per heavy atom. The number of fused-ring (bicyclic) bond motifs is 1. The molecule has 0 atom stereocenters. The van der Waals surface area contributed by atoms with Crippen LogP contribution in [0.15, 0.2) is 76.8 Å². The number of benzene rings is 3. The number of nitro benzene ring substituents is 1. The van der Waals surface area contributed by atoms with Gasteiger partial charge in [-0.3, -0.25) is 19.8 Å². The van der Waals surface area contributed by atoms with Crippen molar-refractivity contribution in [2.75, 3.05) is 44.7 Å². The van der Waals surface area contributed by atoms with Crippen molar-refractivity contribution in [2.24, 2.45) is 5.16 Å². The molecule has 12 nitrogen and oxygen atoms in total. The fraction of sp³-hybridized carbons (Fsp3) is 0.207. The third-order valence-corrected chi connectivity index (χ3v) is 7.27. The number of aromatic carboxylic acids is 1.